The van der Waals surface area contributed by atoms with Gasteiger partial charge in [-0.3, -0.25) is 4.79 Å². The van der Waals surface area contributed by atoms with Crippen LogP contribution in [-0.4, -0.2) is 18.6 Å². The van der Waals surface area contributed by atoms with E-state index in [4.69, 9.17) is 10.5 Å². The van der Waals surface area contributed by atoms with Gasteiger partial charge in [-0.25, -0.2) is 0 Å². The molecule has 3 N–H and O–H groups in total. The van der Waals surface area contributed by atoms with E-state index in [1.165, 1.54) is 0 Å². The average molecular weight is 250 g/mol. The Labute approximate surface area is 109 Å². The summed E-state index contributed by atoms with van der Waals surface area (Å²) in [5.41, 5.74) is 6.19. The van der Waals surface area contributed by atoms with Crippen molar-refractivity contribution in [2.45, 2.75) is 33.3 Å². The van der Waals surface area contributed by atoms with Gasteiger partial charge in [-0.2, -0.15) is 0 Å². The number of nitrogens with two attached hydrogens (primary N) is 1. The second kappa shape index (κ2) is 7.01. The molecule has 1 rings (SSSR count). The van der Waals surface area contributed by atoms with Crippen LogP contribution in [0.25, 0.3) is 0 Å². The molecule has 4 nitrogen and oxygen atoms in total. The molecule has 2 unspecified atom stereocenters. The minimum atomic E-state index is -0.191. The Morgan fingerprint density at radius 3 is 2.78 bits per heavy atom. The highest BCUT2D eigenvalue weighted by Gasteiger charge is 2.11. The molecule has 0 fully saturated rings. The molecule has 4 heteroatoms. The van der Waals surface area contributed by atoms with E-state index in [1.807, 2.05) is 31.2 Å². The summed E-state index contributed by atoms with van der Waals surface area (Å²) in [7, 11) is 0. The molecule has 1 aromatic carbocycles. The van der Waals surface area contributed by atoms with Crippen LogP contribution in [0, 0.1) is 5.92 Å². The smallest absolute Gasteiger partial charge is 0.228 e. The van der Waals surface area contributed by atoms with Crippen molar-refractivity contribution in [1.29, 1.82) is 0 Å². The Morgan fingerprint density at radius 1 is 1.44 bits per heavy atom. The van der Waals surface area contributed by atoms with E-state index < -0.39 is 0 Å². The number of amides is 1. The molecule has 0 aliphatic carbocycles. The van der Waals surface area contributed by atoms with Crippen LogP contribution >= 0.6 is 0 Å². The van der Waals surface area contributed by atoms with E-state index in [2.05, 4.69) is 12.2 Å². The predicted molar refractivity (Wildman–Crippen MR) is 73.7 cm³/mol. The van der Waals surface area contributed by atoms with Crippen molar-refractivity contribution in [2.24, 2.45) is 11.7 Å². The summed E-state index contributed by atoms with van der Waals surface area (Å²) in [5, 5.41) is 2.83. The fourth-order valence-corrected chi connectivity index (χ4v) is 1.34. The molecule has 0 saturated heterocycles. The topological polar surface area (TPSA) is 64.3 Å². The molecule has 1 amide bonds. The molecule has 0 bridgehead atoms. The van der Waals surface area contributed by atoms with Crippen molar-refractivity contribution in [3.05, 3.63) is 24.3 Å². The average Bonchev–Trinajstić information content (AvgIpc) is 2.37. The molecule has 0 heterocycles. The summed E-state index contributed by atoms with van der Waals surface area (Å²) >= 11 is 0. The summed E-state index contributed by atoms with van der Waals surface area (Å²) < 4.78 is 5.70. The lowest BCUT2D eigenvalue weighted by molar-refractivity contribution is -0.119. The Hall–Kier alpha value is -1.55. The van der Waals surface area contributed by atoms with E-state index in [9.17, 15) is 4.79 Å². The number of carbonyl (C=O) groups is 1. The van der Waals surface area contributed by atoms with Crippen LogP contribution in [0.1, 0.15) is 27.2 Å². The number of hydrogen-bond acceptors (Lipinski definition) is 3. The van der Waals surface area contributed by atoms with E-state index in [-0.39, 0.29) is 17.9 Å². The van der Waals surface area contributed by atoms with Gasteiger partial charge in [-0.05, 0) is 25.5 Å². The second-order valence-electron chi connectivity index (χ2n) is 4.49. The van der Waals surface area contributed by atoms with Crippen LogP contribution in [-0.2, 0) is 4.79 Å². The van der Waals surface area contributed by atoms with Gasteiger partial charge in [0.05, 0.1) is 6.10 Å². The summed E-state index contributed by atoms with van der Waals surface area (Å²) in [6, 6.07) is 7.41. The number of rotatable bonds is 6. The zero-order valence-electron chi connectivity index (χ0n) is 11.3. The maximum absolute atomic E-state index is 11.7. The minimum absolute atomic E-state index is 0.0711. The van der Waals surface area contributed by atoms with Gasteiger partial charge < -0.3 is 15.8 Å². The first-order valence-electron chi connectivity index (χ1n) is 6.34. The SMILES string of the molecule is CCC(C)Oc1cccc(NC(=O)C(C)CN)c1. The first kappa shape index (κ1) is 14.5. The van der Waals surface area contributed by atoms with Gasteiger partial charge in [-0.15, -0.1) is 0 Å². The van der Waals surface area contributed by atoms with Gasteiger partial charge in [0, 0.05) is 24.2 Å². The third-order valence-electron chi connectivity index (χ3n) is 2.81. The number of nitrogens with one attached hydrogen (secondary N) is 1. The lowest BCUT2D eigenvalue weighted by Gasteiger charge is -2.14. The fourth-order valence-electron chi connectivity index (χ4n) is 1.34. The van der Waals surface area contributed by atoms with Crippen molar-refractivity contribution in [1.82, 2.24) is 0 Å². The molecule has 0 aromatic heterocycles. The molecular weight excluding hydrogens is 228 g/mol. The highest BCUT2D eigenvalue weighted by atomic mass is 16.5. The van der Waals surface area contributed by atoms with E-state index in [0.29, 0.717) is 6.54 Å². The summed E-state index contributed by atoms with van der Waals surface area (Å²) in [5.74, 6) is 0.505. The number of anilines is 1. The number of ether oxygens (including phenoxy) is 1. The third kappa shape index (κ3) is 4.37. The van der Waals surface area contributed by atoms with E-state index in [0.717, 1.165) is 17.9 Å². The second-order valence-corrected chi connectivity index (χ2v) is 4.49. The zero-order valence-corrected chi connectivity index (χ0v) is 11.3. The Kier molecular flexibility index (Phi) is 5.65. The maximum Gasteiger partial charge on any atom is 0.228 e. The molecule has 2 atom stereocenters. The van der Waals surface area contributed by atoms with Crippen LogP contribution in [0.3, 0.4) is 0 Å². The molecule has 0 radical (unpaired) electrons. The highest BCUT2D eigenvalue weighted by Crippen LogP contribution is 2.19. The molecule has 100 valence electrons. The molecule has 1 aromatic rings. The van der Waals surface area contributed by atoms with Gasteiger partial charge in [0.15, 0.2) is 0 Å². The van der Waals surface area contributed by atoms with Crippen molar-refractivity contribution < 1.29 is 9.53 Å². The van der Waals surface area contributed by atoms with Crippen LogP contribution < -0.4 is 15.8 Å². The first-order valence-corrected chi connectivity index (χ1v) is 6.34. The number of carbonyl (C=O) groups excluding carboxylic acids is 1. The third-order valence-corrected chi connectivity index (χ3v) is 2.81. The molecule has 0 aliphatic rings. The van der Waals surface area contributed by atoms with Gasteiger partial charge in [0.1, 0.15) is 5.75 Å². The lowest BCUT2D eigenvalue weighted by atomic mass is 10.1. The van der Waals surface area contributed by atoms with Crippen molar-refractivity contribution in [3.8, 4) is 5.75 Å². The largest absolute Gasteiger partial charge is 0.491 e. The normalized spacial score (nSPS) is 13.8. The van der Waals surface area contributed by atoms with Gasteiger partial charge >= 0.3 is 0 Å². The summed E-state index contributed by atoms with van der Waals surface area (Å²) in [4.78, 5) is 11.7. The molecule has 0 aliphatic heterocycles. The van der Waals surface area contributed by atoms with Crippen LogP contribution in [0.15, 0.2) is 24.3 Å². The molecular formula is C14H22N2O2. The van der Waals surface area contributed by atoms with Crippen LogP contribution in [0.2, 0.25) is 0 Å². The van der Waals surface area contributed by atoms with E-state index >= 15 is 0 Å². The van der Waals surface area contributed by atoms with Crippen LogP contribution in [0.5, 0.6) is 5.75 Å². The predicted octanol–water partition coefficient (Wildman–Crippen LogP) is 2.40. The van der Waals surface area contributed by atoms with Gasteiger partial charge in [0.2, 0.25) is 5.91 Å². The zero-order chi connectivity index (χ0) is 13.5. The summed E-state index contributed by atoms with van der Waals surface area (Å²) in [6.07, 6.45) is 1.11. The standard InChI is InChI=1S/C14H22N2O2/c1-4-11(3)18-13-7-5-6-12(8-13)16-14(17)10(2)9-15/h5-8,10-11H,4,9,15H2,1-3H3,(H,16,17). The Bertz CT molecular complexity index is 393. The number of benzene rings is 1. The molecule has 0 spiro atoms. The summed E-state index contributed by atoms with van der Waals surface area (Å²) in [6.45, 7) is 6.23. The Balaban J connectivity index is 2.67. The quantitative estimate of drug-likeness (QED) is 0.814. The van der Waals surface area contributed by atoms with Gasteiger partial charge in [-0.1, -0.05) is 19.9 Å². The van der Waals surface area contributed by atoms with Crippen molar-refractivity contribution >= 4 is 11.6 Å². The van der Waals surface area contributed by atoms with Gasteiger partial charge in [0.25, 0.3) is 0 Å². The Morgan fingerprint density at radius 2 is 2.17 bits per heavy atom. The van der Waals surface area contributed by atoms with Crippen molar-refractivity contribution in [2.75, 3.05) is 11.9 Å². The van der Waals surface area contributed by atoms with Crippen LogP contribution in [0.4, 0.5) is 5.69 Å². The molecule has 0 saturated carbocycles. The highest BCUT2D eigenvalue weighted by molar-refractivity contribution is 5.92. The molecule has 18 heavy (non-hydrogen) atoms. The number of hydrogen-bond donors (Lipinski definition) is 2. The first-order chi connectivity index (χ1) is 8.56. The monoisotopic (exact) mass is 250 g/mol. The fraction of sp³-hybridized carbons (Fsp3) is 0.500. The van der Waals surface area contributed by atoms with Crippen molar-refractivity contribution in [3.63, 3.8) is 0 Å². The lowest BCUT2D eigenvalue weighted by Crippen LogP contribution is -2.26. The maximum atomic E-state index is 11.7. The minimum Gasteiger partial charge on any atom is -0.491 e. The van der Waals surface area contributed by atoms with E-state index in [1.54, 1.807) is 6.92 Å².